The van der Waals surface area contributed by atoms with E-state index in [9.17, 15) is 4.79 Å². The average molecular weight is 160 g/mol. The van der Waals surface area contributed by atoms with Gasteiger partial charge in [0.1, 0.15) is 0 Å². The van der Waals surface area contributed by atoms with Crippen molar-refractivity contribution >= 4 is 5.91 Å². The smallest absolute Gasteiger partial charge is 0.219 e. The predicted octanol–water partition coefficient (Wildman–Crippen LogP) is -0.384. The van der Waals surface area contributed by atoms with Crippen LogP contribution in [0.4, 0.5) is 0 Å². The van der Waals surface area contributed by atoms with Crippen molar-refractivity contribution < 1.29 is 9.53 Å². The van der Waals surface area contributed by atoms with Crippen molar-refractivity contribution in [3.05, 3.63) is 0 Å². The highest BCUT2D eigenvalue weighted by atomic mass is 16.5. The van der Waals surface area contributed by atoms with Crippen molar-refractivity contribution in [2.45, 2.75) is 25.9 Å². The number of ether oxygens (including phenoxy) is 1. The second kappa shape index (κ2) is 4.31. The molecule has 0 aromatic heterocycles. The van der Waals surface area contributed by atoms with Crippen LogP contribution < -0.4 is 11.5 Å². The summed E-state index contributed by atoms with van der Waals surface area (Å²) in [5.74, 6) is -0.349. The minimum Gasteiger partial charge on any atom is -0.374 e. The van der Waals surface area contributed by atoms with Crippen LogP contribution in [0.15, 0.2) is 0 Å². The molecular weight excluding hydrogens is 144 g/mol. The van der Waals surface area contributed by atoms with Crippen LogP contribution in [0.3, 0.4) is 0 Å². The van der Waals surface area contributed by atoms with E-state index in [1.807, 2.05) is 13.8 Å². The number of hydrogen-bond donors (Lipinski definition) is 2. The monoisotopic (exact) mass is 160 g/mol. The molecule has 4 nitrogen and oxygen atoms in total. The van der Waals surface area contributed by atoms with E-state index in [0.29, 0.717) is 13.2 Å². The number of amides is 1. The quantitative estimate of drug-likeness (QED) is 0.575. The van der Waals surface area contributed by atoms with Crippen LogP contribution in [0.25, 0.3) is 0 Å². The third-order valence-corrected chi connectivity index (χ3v) is 1.33. The summed E-state index contributed by atoms with van der Waals surface area (Å²) >= 11 is 0. The molecule has 0 aliphatic carbocycles. The summed E-state index contributed by atoms with van der Waals surface area (Å²) in [5.41, 5.74) is 9.94. The van der Waals surface area contributed by atoms with Crippen LogP contribution in [0.1, 0.15) is 20.3 Å². The fraction of sp³-hybridized carbons (Fsp3) is 0.857. The van der Waals surface area contributed by atoms with Gasteiger partial charge < -0.3 is 16.2 Å². The van der Waals surface area contributed by atoms with Gasteiger partial charge in [0.2, 0.25) is 5.91 Å². The largest absolute Gasteiger partial charge is 0.374 e. The zero-order valence-corrected chi connectivity index (χ0v) is 7.09. The minimum absolute atomic E-state index is 0.253. The van der Waals surface area contributed by atoms with Crippen molar-refractivity contribution in [2.75, 3.05) is 13.2 Å². The Kier molecular flexibility index (Phi) is 4.07. The van der Waals surface area contributed by atoms with Gasteiger partial charge in [-0.15, -0.1) is 0 Å². The number of rotatable bonds is 5. The highest BCUT2D eigenvalue weighted by Crippen LogP contribution is 2.05. The Bertz CT molecular complexity index is 134. The van der Waals surface area contributed by atoms with E-state index in [0.717, 1.165) is 0 Å². The lowest BCUT2D eigenvalue weighted by atomic mass is 10.1. The lowest BCUT2D eigenvalue weighted by Crippen LogP contribution is -2.35. The van der Waals surface area contributed by atoms with Crippen molar-refractivity contribution in [2.24, 2.45) is 11.5 Å². The molecule has 4 heteroatoms. The third-order valence-electron chi connectivity index (χ3n) is 1.33. The molecule has 0 spiro atoms. The first-order valence-corrected chi connectivity index (χ1v) is 3.60. The number of carbonyl (C=O) groups is 1. The number of primary amides is 1. The first kappa shape index (κ1) is 10.4. The van der Waals surface area contributed by atoms with E-state index >= 15 is 0 Å². The van der Waals surface area contributed by atoms with Crippen molar-refractivity contribution in [3.63, 3.8) is 0 Å². The SMILES string of the molecule is CC(C)(CN)OCCC(N)=O. The van der Waals surface area contributed by atoms with Crippen LogP contribution in [-0.4, -0.2) is 24.7 Å². The van der Waals surface area contributed by atoms with Gasteiger partial charge >= 0.3 is 0 Å². The number of carbonyl (C=O) groups excluding carboxylic acids is 1. The van der Waals surface area contributed by atoms with E-state index in [1.165, 1.54) is 0 Å². The zero-order valence-electron chi connectivity index (χ0n) is 7.09. The van der Waals surface area contributed by atoms with Gasteiger partial charge in [-0.05, 0) is 13.8 Å². The molecule has 1 amide bonds. The predicted molar refractivity (Wildman–Crippen MR) is 42.9 cm³/mol. The van der Waals surface area contributed by atoms with Gasteiger partial charge in [0.25, 0.3) is 0 Å². The van der Waals surface area contributed by atoms with Crippen molar-refractivity contribution in [1.82, 2.24) is 0 Å². The molecule has 0 radical (unpaired) electrons. The summed E-state index contributed by atoms with van der Waals surface area (Å²) < 4.78 is 5.26. The zero-order chi connectivity index (χ0) is 8.91. The summed E-state index contributed by atoms with van der Waals surface area (Å²) in [5, 5.41) is 0. The molecule has 0 rings (SSSR count). The first-order valence-electron chi connectivity index (χ1n) is 3.60. The van der Waals surface area contributed by atoms with E-state index in [4.69, 9.17) is 16.2 Å². The van der Waals surface area contributed by atoms with Gasteiger partial charge in [-0.2, -0.15) is 0 Å². The summed E-state index contributed by atoms with van der Waals surface area (Å²) in [6, 6.07) is 0. The maximum Gasteiger partial charge on any atom is 0.219 e. The number of hydrogen-bond acceptors (Lipinski definition) is 3. The normalized spacial score (nSPS) is 11.5. The maximum atomic E-state index is 10.3. The molecule has 4 N–H and O–H groups in total. The molecule has 0 saturated heterocycles. The molecule has 0 aromatic rings. The third kappa shape index (κ3) is 5.82. The van der Waals surface area contributed by atoms with E-state index in [-0.39, 0.29) is 17.9 Å². The average Bonchev–Trinajstić information content (AvgIpc) is 1.87. The number of nitrogens with two attached hydrogens (primary N) is 2. The van der Waals surface area contributed by atoms with E-state index < -0.39 is 0 Å². The highest BCUT2D eigenvalue weighted by molar-refractivity contribution is 5.73. The summed E-state index contributed by atoms with van der Waals surface area (Å²) in [6.45, 7) is 4.52. The molecule has 0 fully saturated rings. The Morgan fingerprint density at radius 2 is 2.09 bits per heavy atom. The molecule has 0 aliphatic heterocycles. The Morgan fingerprint density at radius 3 is 2.45 bits per heavy atom. The minimum atomic E-state index is -0.352. The van der Waals surface area contributed by atoms with Crippen LogP contribution >= 0.6 is 0 Å². The standard InChI is InChI=1S/C7H16N2O2/c1-7(2,5-8)11-4-3-6(9)10/h3-5,8H2,1-2H3,(H2,9,10). The van der Waals surface area contributed by atoms with Gasteiger partial charge in [0, 0.05) is 13.0 Å². The van der Waals surface area contributed by atoms with Crippen LogP contribution in [-0.2, 0) is 9.53 Å². The van der Waals surface area contributed by atoms with Crippen LogP contribution in [0.2, 0.25) is 0 Å². The Hall–Kier alpha value is -0.610. The lowest BCUT2D eigenvalue weighted by Gasteiger charge is -2.22. The molecule has 0 saturated carbocycles. The summed E-state index contributed by atoms with van der Waals surface area (Å²) in [6.07, 6.45) is 0.253. The van der Waals surface area contributed by atoms with Crippen molar-refractivity contribution in [1.29, 1.82) is 0 Å². The Morgan fingerprint density at radius 1 is 1.55 bits per heavy atom. The summed E-state index contributed by atoms with van der Waals surface area (Å²) in [7, 11) is 0. The molecule has 66 valence electrons. The van der Waals surface area contributed by atoms with E-state index in [2.05, 4.69) is 0 Å². The molecule has 0 unspecified atom stereocenters. The second-order valence-corrected chi connectivity index (χ2v) is 3.03. The van der Waals surface area contributed by atoms with Gasteiger partial charge in [-0.3, -0.25) is 4.79 Å². The lowest BCUT2D eigenvalue weighted by molar-refractivity contribution is -0.120. The second-order valence-electron chi connectivity index (χ2n) is 3.03. The molecule has 0 aliphatic rings. The fourth-order valence-corrected chi connectivity index (χ4v) is 0.487. The maximum absolute atomic E-state index is 10.3. The molecule has 11 heavy (non-hydrogen) atoms. The molecular formula is C7H16N2O2. The first-order chi connectivity index (χ1) is 4.98. The van der Waals surface area contributed by atoms with Gasteiger partial charge in [-0.25, -0.2) is 0 Å². The topological polar surface area (TPSA) is 78.3 Å². The fourth-order valence-electron chi connectivity index (χ4n) is 0.487. The molecule has 0 bridgehead atoms. The van der Waals surface area contributed by atoms with Crippen molar-refractivity contribution in [3.8, 4) is 0 Å². The molecule has 0 aromatic carbocycles. The van der Waals surface area contributed by atoms with Gasteiger partial charge in [0.15, 0.2) is 0 Å². The summed E-state index contributed by atoms with van der Waals surface area (Å²) in [4.78, 5) is 10.3. The van der Waals surface area contributed by atoms with Crippen LogP contribution in [0, 0.1) is 0 Å². The molecule has 0 atom stereocenters. The van der Waals surface area contributed by atoms with E-state index in [1.54, 1.807) is 0 Å². The van der Waals surface area contributed by atoms with Gasteiger partial charge in [-0.1, -0.05) is 0 Å². The Labute approximate surface area is 66.9 Å². The Balaban J connectivity index is 3.45. The molecule has 0 heterocycles. The highest BCUT2D eigenvalue weighted by Gasteiger charge is 2.15. The van der Waals surface area contributed by atoms with Crippen LogP contribution in [0.5, 0.6) is 0 Å². The van der Waals surface area contributed by atoms with Gasteiger partial charge in [0.05, 0.1) is 12.2 Å².